The number of hydrogen-bond donors (Lipinski definition) is 2. The minimum absolute atomic E-state index is 0. The van der Waals surface area contributed by atoms with E-state index in [2.05, 4.69) is 48.2 Å². The molecule has 138 valence electrons. The minimum Gasteiger partial charge on any atom is -0.356 e. The fourth-order valence-electron chi connectivity index (χ4n) is 2.63. The fourth-order valence-corrected chi connectivity index (χ4v) is 2.63. The van der Waals surface area contributed by atoms with E-state index >= 15 is 0 Å². The van der Waals surface area contributed by atoms with Crippen LogP contribution in [0, 0.1) is 5.82 Å². The van der Waals surface area contributed by atoms with Crippen LogP contribution in [0.3, 0.4) is 0 Å². The summed E-state index contributed by atoms with van der Waals surface area (Å²) in [5.74, 6) is 0.532. The Kier molecular flexibility index (Phi) is 12.0. The zero-order chi connectivity index (χ0) is 17.2. The predicted octanol–water partition coefficient (Wildman–Crippen LogP) is 3.62. The van der Waals surface area contributed by atoms with Gasteiger partial charge in [0.05, 0.1) is 0 Å². The first-order chi connectivity index (χ1) is 10.9. The Hall–Kier alpha value is -0.890. The summed E-state index contributed by atoms with van der Waals surface area (Å²) in [6, 6.07) is 7.71. The van der Waals surface area contributed by atoms with Gasteiger partial charge in [-0.15, -0.1) is 24.0 Å². The lowest BCUT2D eigenvalue weighted by atomic mass is 10.2. The van der Waals surface area contributed by atoms with Gasteiger partial charge in [-0.25, -0.2) is 4.39 Å². The molecule has 0 amide bonds. The van der Waals surface area contributed by atoms with Crippen LogP contribution < -0.4 is 10.6 Å². The molecule has 0 unspecified atom stereocenters. The highest BCUT2D eigenvalue weighted by atomic mass is 127. The molecule has 0 atom stereocenters. The summed E-state index contributed by atoms with van der Waals surface area (Å²) in [7, 11) is 1.75. The topological polar surface area (TPSA) is 39.7 Å². The summed E-state index contributed by atoms with van der Waals surface area (Å²) in [6.07, 6.45) is 1.05. The minimum atomic E-state index is -0.213. The number of nitrogens with zero attached hydrogens (tertiary/aromatic N) is 2. The molecule has 0 aliphatic rings. The molecule has 24 heavy (non-hydrogen) atoms. The van der Waals surface area contributed by atoms with E-state index in [9.17, 15) is 4.39 Å². The molecule has 0 heterocycles. The van der Waals surface area contributed by atoms with Crippen LogP contribution in [0.15, 0.2) is 29.3 Å². The predicted molar refractivity (Wildman–Crippen MR) is 112 cm³/mol. The number of hydrogen-bond acceptors (Lipinski definition) is 2. The Morgan fingerprint density at radius 3 is 2.38 bits per heavy atom. The van der Waals surface area contributed by atoms with Crippen molar-refractivity contribution in [1.82, 2.24) is 15.5 Å². The molecule has 1 rings (SSSR count). The van der Waals surface area contributed by atoms with Gasteiger partial charge in [0.25, 0.3) is 0 Å². The van der Waals surface area contributed by atoms with E-state index in [4.69, 9.17) is 0 Å². The lowest BCUT2D eigenvalue weighted by Gasteiger charge is -2.30. The van der Waals surface area contributed by atoms with Gasteiger partial charge >= 0.3 is 0 Å². The van der Waals surface area contributed by atoms with Crippen molar-refractivity contribution < 1.29 is 4.39 Å². The SMILES string of the molecule is CN=C(NCCCN(C(C)C)C(C)C)NCc1cccc(F)c1.I. The van der Waals surface area contributed by atoms with Crippen LogP contribution >= 0.6 is 24.0 Å². The first-order valence-electron chi connectivity index (χ1n) is 8.38. The largest absolute Gasteiger partial charge is 0.356 e. The van der Waals surface area contributed by atoms with Gasteiger partial charge in [0.2, 0.25) is 0 Å². The third-order valence-electron chi connectivity index (χ3n) is 3.78. The van der Waals surface area contributed by atoms with Crippen LogP contribution in [0.25, 0.3) is 0 Å². The molecule has 2 N–H and O–H groups in total. The summed E-state index contributed by atoms with van der Waals surface area (Å²) in [5.41, 5.74) is 0.902. The smallest absolute Gasteiger partial charge is 0.191 e. The quantitative estimate of drug-likeness (QED) is 0.275. The highest BCUT2D eigenvalue weighted by molar-refractivity contribution is 14.0. The summed E-state index contributed by atoms with van der Waals surface area (Å²) < 4.78 is 13.1. The lowest BCUT2D eigenvalue weighted by molar-refractivity contribution is 0.173. The molecule has 0 bridgehead atoms. The van der Waals surface area contributed by atoms with Crippen LogP contribution in [-0.2, 0) is 6.54 Å². The van der Waals surface area contributed by atoms with Gasteiger partial charge in [0.15, 0.2) is 5.96 Å². The standard InChI is InChI=1S/C18H31FN4.HI/c1-14(2)23(15(3)4)11-7-10-21-18(20-5)22-13-16-8-6-9-17(19)12-16;/h6,8-9,12,14-15H,7,10-11,13H2,1-5H3,(H2,20,21,22);1H. The summed E-state index contributed by atoms with van der Waals surface area (Å²) in [5, 5.41) is 6.51. The summed E-state index contributed by atoms with van der Waals surface area (Å²) >= 11 is 0. The van der Waals surface area contributed by atoms with Crippen LogP contribution in [0.1, 0.15) is 39.7 Å². The van der Waals surface area contributed by atoms with Gasteiger partial charge in [0, 0.05) is 38.8 Å². The number of guanidine groups is 1. The van der Waals surface area contributed by atoms with Gasteiger partial charge in [-0.1, -0.05) is 12.1 Å². The molecule has 1 aromatic carbocycles. The Morgan fingerprint density at radius 1 is 1.17 bits per heavy atom. The van der Waals surface area contributed by atoms with E-state index in [1.54, 1.807) is 13.1 Å². The second-order valence-electron chi connectivity index (χ2n) is 6.26. The average Bonchev–Trinajstić information content (AvgIpc) is 2.49. The molecular formula is C18H32FIN4. The first kappa shape index (κ1) is 23.1. The highest BCUT2D eigenvalue weighted by Crippen LogP contribution is 2.05. The van der Waals surface area contributed by atoms with E-state index < -0.39 is 0 Å². The molecular weight excluding hydrogens is 418 g/mol. The molecule has 0 aliphatic carbocycles. The van der Waals surface area contributed by atoms with Crippen molar-refractivity contribution >= 4 is 29.9 Å². The van der Waals surface area contributed by atoms with Crippen molar-refractivity contribution in [2.75, 3.05) is 20.1 Å². The second kappa shape index (κ2) is 12.5. The molecule has 6 heteroatoms. The van der Waals surface area contributed by atoms with Crippen LogP contribution in [0.4, 0.5) is 4.39 Å². The molecule has 1 aromatic rings. The second-order valence-corrected chi connectivity index (χ2v) is 6.26. The third-order valence-corrected chi connectivity index (χ3v) is 3.78. The maximum Gasteiger partial charge on any atom is 0.191 e. The highest BCUT2D eigenvalue weighted by Gasteiger charge is 2.12. The molecule has 0 radical (unpaired) electrons. The Balaban J connectivity index is 0.00000529. The number of aliphatic imine (C=N–C) groups is 1. The average molecular weight is 450 g/mol. The van der Waals surface area contributed by atoms with E-state index in [-0.39, 0.29) is 29.8 Å². The molecule has 0 fully saturated rings. The normalized spacial score (nSPS) is 11.8. The first-order valence-corrected chi connectivity index (χ1v) is 8.38. The number of benzene rings is 1. The van der Waals surface area contributed by atoms with E-state index in [1.807, 2.05) is 6.07 Å². The molecule has 0 saturated carbocycles. The molecule has 4 nitrogen and oxygen atoms in total. The summed E-state index contributed by atoms with van der Waals surface area (Å²) in [6.45, 7) is 11.4. The zero-order valence-electron chi connectivity index (χ0n) is 15.5. The van der Waals surface area contributed by atoms with Gasteiger partial charge in [-0.3, -0.25) is 9.89 Å². The summed E-state index contributed by atoms with van der Waals surface area (Å²) in [4.78, 5) is 6.68. The van der Waals surface area contributed by atoms with Gasteiger partial charge < -0.3 is 10.6 Å². The van der Waals surface area contributed by atoms with Crippen molar-refractivity contribution in [2.45, 2.75) is 52.7 Å². The molecule has 0 aromatic heterocycles. The number of halogens is 2. The van der Waals surface area contributed by atoms with Gasteiger partial charge in [-0.2, -0.15) is 0 Å². The van der Waals surface area contributed by atoms with Crippen molar-refractivity contribution in [3.8, 4) is 0 Å². The molecule has 0 saturated heterocycles. The van der Waals surface area contributed by atoms with E-state index in [0.29, 0.717) is 18.6 Å². The van der Waals surface area contributed by atoms with Crippen molar-refractivity contribution in [1.29, 1.82) is 0 Å². The van der Waals surface area contributed by atoms with Gasteiger partial charge in [0.1, 0.15) is 5.82 Å². The number of nitrogens with one attached hydrogen (secondary N) is 2. The maximum absolute atomic E-state index is 13.1. The van der Waals surface area contributed by atoms with Crippen molar-refractivity contribution in [2.24, 2.45) is 4.99 Å². The van der Waals surface area contributed by atoms with E-state index in [1.165, 1.54) is 12.1 Å². The van der Waals surface area contributed by atoms with Gasteiger partial charge in [-0.05, 0) is 51.8 Å². The Morgan fingerprint density at radius 2 is 1.83 bits per heavy atom. The monoisotopic (exact) mass is 450 g/mol. The van der Waals surface area contributed by atoms with Crippen LogP contribution in [0.2, 0.25) is 0 Å². The Labute approximate surface area is 163 Å². The lowest BCUT2D eigenvalue weighted by Crippen LogP contribution is -2.41. The Bertz CT molecular complexity index is 484. The number of rotatable bonds is 8. The van der Waals surface area contributed by atoms with Crippen LogP contribution in [0.5, 0.6) is 0 Å². The molecule has 0 aliphatic heterocycles. The van der Waals surface area contributed by atoms with Crippen molar-refractivity contribution in [3.05, 3.63) is 35.6 Å². The third kappa shape index (κ3) is 8.82. The molecule has 0 spiro atoms. The van der Waals surface area contributed by atoms with Crippen molar-refractivity contribution in [3.63, 3.8) is 0 Å². The van der Waals surface area contributed by atoms with E-state index in [0.717, 1.165) is 31.0 Å². The maximum atomic E-state index is 13.1. The fraction of sp³-hybridized carbons (Fsp3) is 0.611. The zero-order valence-corrected chi connectivity index (χ0v) is 17.8. The van der Waals surface area contributed by atoms with Crippen LogP contribution in [-0.4, -0.2) is 43.1 Å².